The fourth-order valence-electron chi connectivity index (χ4n) is 2.12. The molecule has 0 saturated heterocycles. The van der Waals surface area contributed by atoms with Crippen LogP contribution in [0.25, 0.3) is 0 Å². The average molecular weight is 256 g/mol. The maximum absolute atomic E-state index is 12.3. The van der Waals surface area contributed by atoms with E-state index in [4.69, 9.17) is 11.5 Å². The minimum Gasteiger partial charge on any atom is -0.383 e. The zero-order valence-corrected chi connectivity index (χ0v) is 10.1. The van der Waals surface area contributed by atoms with Crippen molar-refractivity contribution in [3.63, 3.8) is 0 Å². The Hall–Kier alpha value is -2.70. The molecule has 3 heterocycles. The van der Waals surface area contributed by atoms with E-state index in [1.807, 2.05) is 0 Å². The van der Waals surface area contributed by atoms with E-state index < -0.39 is 0 Å². The number of nitrogens with two attached hydrogens (primary N) is 2. The Labute approximate surface area is 109 Å². The van der Waals surface area contributed by atoms with Crippen LogP contribution in [0, 0.1) is 0 Å². The fourth-order valence-corrected chi connectivity index (χ4v) is 2.12. The Kier molecular flexibility index (Phi) is 2.52. The molecule has 0 radical (unpaired) electrons. The Morgan fingerprint density at radius 1 is 1.26 bits per heavy atom. The number of amides is 1. The molecule has 96 valence electrons. The molecule has 2 aromatic heterocycles. The second-order valence-corrected chi connectivity index (χ2v) is 4.30. The highest BCUT2D eigenvalue weighted by Crippen LogP contribution is 2.26. The van der Waals surface area contributed by atoms with Crippen LogP contribution in [0.3, 0.4) is 0 Å². The van der Waals surface area contributed by atoms with E-state index in [0.29, 0.717) is 30.2 Å². The lowest BCUT2D eigenvalue weighted by atomic mass is 10.2. The number of pyridine rings is 1. The second-order valence-electron chi connectivity index (χ2n) is 4.30. The minimum absolute atomic E-state index is 0.107. The topological polar surface area (TPSA) is 111 Å². The quantitative estimate of drug-likeness (QED) is 0.753. The van der Waals surface area contributed by atoms with Crippen LogP contribution in [-0.2, 0) is 13.1 Å². The van der Waals surface area contributed by atoms with Gasteiger partial charge in [0.25, 0.3) is 5.91 Å². The molecule has 0 fully saturated rings. The Morgan fingerprint density at radius 3 is 2.84 bits per heavy atom. The highest BCUT2D eigenvalue weighted by molar-refractivity contribution is 5.94. The van der Waals surface area contributed by atoms with Crippen molar-refractivity contribution in [3.8, 4) is 0 Å². The molecule has 0 unspecified atom stereocenters. The molecule has 0 atom stereocenters. The molecule has 0 saturated carbocycles. The minimum atomic E-state index is -0.107. The second kappa shape index (κ2) is 4.20. The predicted octanol–water partition coefficient (Wildman–Crippen LogP) is 0.192. The van der Waals surface area contributed by atoms with Gasteiger partial charge in [-0.05, 0) is 12.1 Å². The van der Waals surface area contributed by atoms with Crippen molar-refractivity contribution in [2.75, 3.05) is 11.5 Å². The molecule has 7 nitrogen and oxygen atoms in total. The van der Waals surface area contributed by atoms with Gasteiger partial charge in [-0.3, -0.25) is 9.78 Å². The first-order chi connectivity index (χ1) is 9.15. The number of aromatic nitrogens is 3. The number of nitrogens with zero attached hydrogens (tertiary/aromatic N) is 4. The van der Waals surface area contributed by atoms with E-state index in [1.165, 1.54) is 6.20 Å². The lowest BCUT2D eigenvalue weighted by molar-refractivity contribution is 0.0750. The maximum atomic E-state index is 12.3. The fraction of sp³-hybridized carbons (Fsp3) is 0.167. The zero-order valence-electron chi connectivity index (χ0n) is 10.1. The van der Waals surface area contributed by atoms with E-state index in [9.17, 15) is 4.79 Å². The van der Waals surface area contributed by atoms with Crippen LogP contribution in [0.4, 0.5) is 11.8 Å². The molecular weight excluding hydrogens is 244 g/mol. The summed E-state index contributed by atoms with van der Waals surface area (Å²) in [6.07, 6.45) is 3.16. The molecule has 0 aliphatic carbocycles. The summed E-state index contributed by atoms with van der Waals surface area (Å²) in [4.78, 5) is 25.9. The van der Waals surface area contributed by atoms with Crippen LogP contribution in [0.5, 0.6) is 0 Å². The lowest BCUT2D eigenvalue weighted by Gasteiger charge is -2.14. The van der Waals surface area contributed by atoms with Crippen molar-refractivity contribution < 1.29 is 4.79 Å². The zero-order chi connectivity index (χ0) is 13.4. The molecule has 0 aromatic carbocycles. The highest BCUT2D eigenvalue weighted by atomic mass is 16.2. The van der Waals surface area contributed by atoms with E-state index in [2.05, 4.69) is 15.0 Å². The molecular formula is C12H12N6O. The Morgan fingerprint density at radius 2 is 2.11 bits per heavy atom. The van der Waals surface area contributed by atoms with Crippen LogP contribution < -0.4 is 11.5 Å². The first kappa shape index (κ1) is 11.4. The van der Waals surface area contributed by atoms with Crippen molar-refractivity contribution >= 4 is 17.7 Å². The summed E-state index contributed by atoms with van der Waals surface area (Å²) in [7, 11) is 0. The van der Waals surface area contributed by atoms with Crippen LogP contribution in [0.2, 0.25) is 0 Å². The largest absolute Gasteiger partial charge is 0.383 e. The highest BCUT2D eigenvalue weighted by Gasteiger charge is 2.28. The van der Waals surface area contributed by atoms with Crippen LogP contribution in [-0.4, -0.2) is 25.8 Å². The molecule has 0 bridgehead atoms. The van der Waals surface area contributed by atoms with E-state index in [0.717, 1.165) is 5.56 Å². The van der Waals surface area contributed by atoms with Crippen LogP contribution in [0.1, 0.15) is 21.6 Å². The number of carbonyl (C=O) groups excluding carboxylic acids is 1. The number of fused-ring (bicyclic) bond motifs is 1. The summed E-state index contributed by atoms with van der Waals surface area (Å²) in [6, 6.07) is 3.45. The molecule has 4 N–H and O–H groups in total. The molecule has 7 heteroatoms. The summed E-state index contributed by atoms with van der Waals surface area (Å²) in [6.45, 7) is 0.787. The number of carbonyl (C=O) groups is 1. The summed E-state index contributed by atoms with van der Waals surface area (Å²) >= 11 is 0. The standard InChI is InChI=1S/C12H12N6O/c13-10-8-5-18(6-9(8)16-12(14)17-10)11(19)7-2-1-3-15-4-7/h1-4H,5-6H2,(H4,13,14,16,17). The number of nitrogen functional groups attached to an aromatic ring is 2. The smallest absolute Gasteiger partial charge is 0.256 e. The Balaban J connectivity index is 1.88. The molecule has 1 amide bonds. The van der Waals surface area contributed by atoms with Crippen LogP contribution >= 0.6 is 0 Å². The number of hydrogen-bond donors (Lipinski definition) is 2. The normalized spacial score (nSPS) is 13.4. The van der Waals surface area contributed by atoms with Gasteiger partial charge in [0.15, 0.2) is 0 Å². The molecule has 1 aliphatic heterocycles. The van der Waals surface area contributed by atoms with Gasteiger partial charge in [0.2, 0.25) is 5.95 Å². The SMILES string of the molecule is Nc1nc(N)c2c(n1)CN(C(=O)c1cccnc1)C2. The van der Waals surface area contributed by atoms with Crippen LogP contribution in [0.15, 0.2) is 24.5 Å². The summed E-state index contributed by atoms with van der Waals surface area (Å²) in [5.74, 6) is 0.361. The molecule has 19 heavy (non-hydrogen) atoms. The van der Waals surface area contributed by atoms with Gasteiger partial charge in [-0.2, -0.15) is 4.98 Å². The number of hydrogen-bond acceptors (Lipinski definition) is 6. The third kappa shape index (κ3) is 1.95. The first-order valence-electron chi connectivity index (χ1n) is 5.75. The number of rotatable bonds is 1. The third-order valence-electron chi connectivity index (χ3n) is 3.03. The van der Waals surface area contributed by atoms with Crippen molar-refractivity contribution in [2.45, 2.75) is 13.1 Å². The summed E-state index contributed by atoms with van der Waals surface area (Å²) in [5.41, 5.74) is 13.4. The van der Waals surface area contributed by atoms with Gasteiger partial charge in [-0.25, -0.2) is 4.98 Å². The lowest BCUT2D eigenvalue weighted by Crippen LogP contribution is -2.25. The molecule has 2 aromatic rings. The van der Waals surface area contributed by atoms with Gasteiger partial charge in [0, 0.05) is 18.0 Å². The maximum Gasteiger partial charge on any atom is 0.256 e. The van der Waals surface area contributed by atoms with Gasteiger partial charge < -0.3 is 16.4 Å². The number of anilines is 2. The van der Waals surface area contributed by atoms with E-state index >= 15 is 0 Å². The van der Waals surface area contributed by atoms with E-state index in [-0.39, 0.29) is 11.9 Å². The van der Waals surface area contributed by atoms with E-state index in [1.54, 1.807) is 23.2 Å². The van der Waals surface area contributed by atoms with Gasteiger partial charge in [-0.15, -0.1) is 0 Å². The molecule has 0 spiro atoms. The van der Waals surface area contributed by atoms with Gasteiger partial charge >= 0.3 is 0 Å². The monoisotopic (exact) mass is 256 g/mol. The first-order valence-corrected chi connectivity index (χ1v) is 5.75. The average Bonchev–Trinajstić information content (AvgIpc) is 2.83. The summed E-state index contributed by atoms with van der Waals surface area (Å²) < 4.78 is 0. The molecule has 3 rings (SSSR count). The summed E-state index contributed by atoms with van der Waals surface area (Å²) in [5, 5.41) is 0. The van der Waals surface area contributed by atoms with Gasteiger partial charge in [-0.1, -0.05) is 0 Å². The molecule has 1 aliphatic rings. The van der Waals surface area contributed by atoms with Crippen molar-refractivity contribution in [3.05, 3.63) is 41.3 Å². The third-order valence-corrected chi connectivity index (χ3v) is 3.03. The Bertz CT molecular complexity index is 642. The predicted molar refractivity (Wildman–Crippen MR) is 68.7 cm³/mol. The van der Waals surface area contributed by atoms with Gasteiger partial charge in [0.05, 0.1) is 24.3 Å². The van der Waals surface area contributed by atoms with Crippen molar-refractivity contribution in [1.82, 2.24) is 19.9 Å². The van der Waals surface area contributed by atoms with Gasteiger partial charge in [0.1, 0.15) is 5.82 Å². The van der Waals surface area contributed by atoms with Crippen molar-refractivity contribution in [2.24, 2.45) is 0 Å². The van der Waals surface area contributed by atoms with Crippen molar-refractivity contribution in [1.29, 1.82) is 0 Å².